The van der Waals surface area contributed by atoms with Crippen molar-refractivity contribution in [3.63, 3.8) is 0 Å². The fourth-order valence-electron chi connectivity index (χ4n) is 12.9. The number of hydrogen-bond acceptors (Lipinski definition) is 5. The predicted octanol–water partition coefficient (Wildman–Crippen LogP) is 16.2. The van der Waals surface area contributed by atoms with Gasteiger partial charge in [-0.25, -0.2) is 0 Å². The van der Waals surface area contributed by atoms with E-state index in [2.05, 4.69) is 233 Å². The molecule has 1 fully saturated rings. The summed E-state index contributed by atoms with van der Waals surface area (Å²) in [6, 6.07) is 46.7. The summed E-state index contributed by atoms with van der Waals surface area (Å²) in [6.07, 6.45) is 4.71. The maximum atomic E-state index is 7.47. The van der Waals surface area contributed by atoms with E-state index in [1.165, 1.54) is 63.2 Å². The highest BCUT2D eigenvalue weighted by molar-refractivity contribution is 7.01. The summed E-state index contributed by atoms with van der Waals surface area (Å²) < 4.78 is 14.9. The van der Waals surface area contributed by atoms with E-state index < -0.39 is 0 Å². The third-order valence-corrected chi connectivity index (χ3v) is 17.2. The molecular weight excluding hydrogens is 854 g/mol. The van der Waals surface area contributed by atoms with Gasteiger partial charge in [0.25, 0.3) is 0 Å². The average Bonchev–Trinajstić information content (AvgIpc) is 3.93. The molecule has 3 aliphatic heterocycles. The van der Waals surface area contributed by atoms with Crippen LogP contribution < -0.4 is 31.3 Å². The lowest BCUT2D eigenvalue weighted by atomic mass is 9.35. The van der Waals surface area contributed by atoms with Gasteiger partial charge in [0.15, 0.2) is 0 Å². The van der Waals surface area contributed by atoms with Crippen molar-refractivity contribution in [3.8, 4) is 0 Å². The highest BCUT2D eigenvalue weighted by atomic mass is 16.4. The molecule has 1 saturated carbocycles. The van der Waals surface area contributed by atoms with Gasteiger partial charge in [0.1, 0.15) is 11.2 Å². The van der Waals surface area contributed by atoms with Gasteiger partial charge in [-0.15, -0.1) is 0 Å². The van der Waals surface area contributed by atoms with Crippen LogP contribution in [0.2, 0.25) is 0 Å². The van der Waals surface area contributed by atoms with Gasteiger partial charge >= 0.3 is 6.71 Å². The zero-order chi connectivity index (χ0) is 49.2. The van der Waals surface area contributed by atoms with Crippen molar-refractivity contribution < 1.29 is 8.83 Å². The molecule has 0 radical (unpaired) electrons. The maximum Gasteiger partial charge on any atom is 0.302 e. The number of nitrogens with zero attached hydrogens (tertiary/aromatic N) is 3. The maximum absolute atomic E-state index is 7.47. The van der Waals surface area contributed by atoms with Crippen molar-refractivity contribution in [2.75, 3.05) is 14.7 Å². The number of benzene rings is 6. The fraction of sp³-hybridized carbons (Fsp3) is 0.375. The van der Waals surface area contributed by atoms with Gasteiger partial charge in [-0.1, -0.05) is 157 Å². The summed E-state index contributed by atoms with van der Waals surface area (Å²) in [4.78, 5) is 7.77. The standard InChI is InChI=1S/C64H70BN3O2/c1-59(2,3)39-21-27-43(28-22-39)66-50-37-45(68-49-20-16-15-19-48(49)63(13)33-17-18-34-64(63,68)14)38-51-55(50)65(57-56(66)47-36-42(62(10,11)12)26-32-53(47)69-57)54-46-35-41(61(7,8)9)25-31-52(46)70-58(54)67(51)44-29-23-40(24-30-44)60(4,5)6/h15-16,19-32,35-38H,17-18,33-34H2,1-14H3. The van der Waals surface area contributed by atoms with Gasteiger partial charge in [0.2, 0.25) is 5.88 Å². The lowest BCUT2D eigenvalue weighted by Crippen LogP contribution is -2.61. The topological polar surface area (TPSA) is 36.0 Å². The van der Waals surface area contributed by atoms with Gasteiger partial charge < -0.3 is 18.6 Å². The minimum absolute atomic E-state index is 0.00135. The minimum atomic E-state index is -0.261. The zero-order valence-corrected chi connectivity index (χ0v) is 44.1. The number of anilines is 8. The van der Waals surface area contributed by atoms with Crippen LogP contribution >= 0.6 is 0 Å². The molecule has 356 valence electrons. The quantitative estimate of drug-likeness (QED) is 0.165. The Labute approximate surface area is 417 Å². The average molecular weight is 924 g/mol. The van der Waals surface area contributed by atoms with Crippen LogP contribution in [0.4, 0.5) is 45.7 Å². The number of para-hydroxylation sites is 1. The van der Waals surface area contributed by atoms with E-state index in [1.807, 2.05) is 0 Å². The Morgan fingerprint density at radius 2 is 0.971 bits per heavy atom. The molecular formula is C64H70BN3O2. The van der Waals surface area contributed by atoms with Crippen LogP contribution in [0.1, 0.15) is 150 Å². The molecule has 6 aromatic carbocycles. The second-order valence-electron chi connectivity index (χ2n) is 25.8. The normalized spacial score (nSPS) is 19.9. The minimum Gasteiger partial charge on any atom is -0.468 e. The van der Waals surface area contributed by atoms with Crippen molar-refractivity contribution in [3.05, 3.63) is 149 Å². The van der Waals surface area contributed by atoms with Gasteiger partial charge in [-0.05, 0) is 141 Å². The van der Waals surface area contributed by atoms with E-state index in [9.17, 15) is 0 Å². The number of hydrogen-bond donors (Lipinski definition) is 0. The molecule has 12 rings (SSSR count). The number of rotatable bonds is 3. The molecule has 0 bridgehead atoms. The monoisotopic (exact) mass is 924 g/mol. The summed E-state index contributed by atoms with van der Waals surface area (Å²) in [7, 11) is 0. The SMILES string of the molecule is CC(C)(C)c1ccc(N2c3cc(N4c5ccccc5C5(C)CCCCC45C)cc4c3B(c3oc5ccc(C(C)(C)C)cc5c3N4c3ccc(C(C)(C)C)cc3)c3c2oc2ccc(C(C)(C)C)cc32)cc1. The van der Waals surface area contributed by atoms with E-state index in [-0.39, 0.29) is 39.3 Å². The van der Waals surface area contributed by atoms with Crippen molar-refractivity contribution in [2.24, 2.45) is 0 Å². The van der Waals surface area contributed by atoms with Crippen molar-refractivity contribution >= 4 is 90.9 Å². The summed E-state index contributed by atoms with van der Waals surface area (Å²) in [5, 5.41) is 2.26. The van der Waals surface area contributed by atoms with Crippen LogP contribution in [0.25, 0.3) is 21.9 Å². The molecule has 2 aromatic heterocycles. The third kappa shape index (κ3) is 6.43. The van der Waals surface area contributed by atoms with Gasteiger partial charge in [0.05, 0.1) is 16.9 Å². The molecule has 5 heterocycles. The van der Waals surface area contributed by atoms with Crippen LogP contribution in [0, 0.1) is 0 Å². The molecule has 0 amide bonds. The summed E-state index contributed by atoms with van der Waals surface area (Å²) in [6.45, 7) is 32.5. The zero-order valence-electron chi connectivity index (χ0n) is 44.1. The summed E-state index contributed by atoms with van der Waals surface area (Å²) >= 11 is 0. The van der Waals surface area contributed by atoms with E-state index in [0.717, 1.165) is 74.5 Å². The molecule has 0 spiro atoms. The van der Waals surface area contributed by atoms with E-state index >= 15 is 0 Å². The van der Waals surface area contributed by atoms with Crippen LogP contribution in [0.15, 0.2) is 130 Å². The predicted molar refractivity (Wildman–Crippen MR) is 298 cm³/mol. The summed E-state index contributed by atoms with van der Waals surface area (Å²) in [5.74, 6) is 0.852. The molecule has 70 heavy (non-hydrogen) atoms. The summed E-state index contributed by atoms with van der Waals surface area (Å²) in [5.41, 5.74) is 19.5. The molecule has 0 saturated heterocycles. The van der Waals surface area contributed by atoms with Crippen LogP contribution in [0.3, 0.4) is 0 Å². The van der Waals surface area contributed by atoms with Crippen molar-refractivity contribution in [1.82, 2.24) is 0 Å². The second-order valence-corrected chi connectivity index (χ2v) is 25.8. The molecule has 6 heteroatoms. The lowest BCUT2D eigenvalue weighted by molar-refractivity contribution is 0.195. The first-order chi connectivity index (χ1) is 33.0. The smallest absolute Gasteiger partial charge is 0.302 e. The first-order valence-corrected chi connectivity index (χ1v) is 26.0. The molecule has 8 aromatic rings. The Hall–Kier alpha value is -6.14. The van der Waals surface area contributed by atoms with Crippen molar-refractivity contribution in [2.45, 2.75) is 155 Å². The van der Waals surface area contributed by atoms with Gasteiger partial charge in [0, 0.05) is 55.8 Å². The Bertz CT molecular complexity index is 3420. The Kier molecular flexibility index (Phi) is 9.47. The number of furan rings is 2. The highest BCUT2D eigenvalue weighted by Crippen LogP contribution is 2.62. The van der Waals surface area contributed by atoms with Crippen LogP contribution in [-0.2, 0) is 27.1 Å². The first kappa shape index (κ1) is 45.0. The molecule has 2 unspecified atom stereocenters. The van der Waals surface area contributed by atoms with E-state index in [1.54, 1.807) is 0 Å². The third-order valence-electron chi connectivity index (χ3n) is 17.2. The van der Waals surface area contributed by atoms with Gasteiger partial charge in [-0.2, -0.15) is 0 Å². The van der Waals surface area contributed by atoms with Gasteiger partial charge in [-0.3, -0.25) is 4.90 Å². The Morgan fingerprint density at radius 1 is 0.471 bits per heavy atom. The van der Waals surface area contributed by atoms with E-state index in [0.29, 0.717) is 0 Å². The second kappa shape index (κ2) is 14.7. The Morgan fingerprint density at radius 3 is 1.56 bits per heavy atom. The van der Waals surface area contributed by atoms with E-state index in [4.69, 9.17) is 8.83 Å². The van der Waals surface area contributed by atoms with Crippen LogP contribution in [0.5, 0.6) is 0 Å². The molecule has 4 aliphatic rings. The molecule has 5 nitrogen and oxygen atoms in total. The number of fused-ring (bicyclic) bond motifs is 11. The molecule has 1 aliphatic carbocycles. The lowest BCUT2D eigenvalue weighted by Gasteiger charge is -2.51. The Balaban J connectivity index is 1.24. The molecule has 0 N–H and O–H groups in total. The highest BCUT2D eigenvalue weighted by Gasteiger charge is 2.58. The van der Waals surface area contributed by atoms with Crippen LogP contribution in [-0.4, -0.2) is 12.3 Å². The van der Waals surface area contributed by atoms with Crippen molar-refractivity contribution in [1.29, 1.82) is 0 Å². The fourth-order valence-corrected chi connectivity index (χ4v) is 12.9. The largest absolute Gasteiger partial charge is 0.468 e. The first-order valence-electron chi connectivity index (χ1n) is 26.0. The molecule has 2 atom stereocenters.